The van der Waals surface area contributed by atoms with Crippen molar-refractivity contribution in [3.8, 4) is 11.5 Å². The number of aliphatic imine (C=N–C) groups is 1. The highest BCUT2D eigenvalue weighted by atomic mass is 127. The van der Waals surface area contributed by atoms with E-state index in [9.17, 15) is 0 Å². The summed E-state index contributed by atoms with van der Waals surface area (Å²) in [6.45, 7) is 7.23. The zero-order valence-electron chi connectivity index (χ0n) is 16.7. The third-order valence-electron chi connectivity index (χ3n) is 4.48. The predicted octanol–water partition coefficient (Wildman–Crippen LogP) is 7.40. The van der Waals surface area contributed by atoms with Crippen LogP contribution in [0.4, 0.5) is 5.69 Å². The average Bonchev–Trinajstić information content (AvgIpc) is 2.70. The molecule has 0 amide bonds. The molecule has 0 fully saturated rings. The monoisotopic (exact) mass is 563 g/mol. The number of hydrogen-bond donors (Lipinski definition) is 0. The van der Waals surface area contributed by atoms with Crippen LogP contribution in [0.5, 0.6) is 11.5 Å². The third-order valence-corrected chi connectivity index (χ3v) is 5.81. The van der Waals surface area contributed by atoms with Crippen molar-refractivity contribution in [3.63, 3.8) is 0 Å². The van der Waals surface area contributed by atoms with Crippen LogP contribution >= 0.6 is 38.5 Å². The lowest BCUT2D eigenvalue weighted by atomic mass is 10.1. The van der Waals surface area contributed by atoms with Crippen molar-refractivity contribution in [2.24, 2.45) is 4.99 Å². The summed E-state index contributed by atoms with van der Waals surface area (Å²) in [6, 6.07) is 18.4. The summed E-state index contributed by atoms with van der Waals surface area (Å²) in [5.74, 6) is 1.50. The molecular weight excluding hydrogens is 541 g/mol. The van der Waals surface area contributed by atoms with Gasteiger partial charge in [-0.05, 0) is 102 Å². The first-order chi connectivity index (χ1) is 14.0. The average molecular weight is 564 g/mol. The zero-order chi connectivity index (χ0) is 20.8. The largest absolute Gasteiger partial charge is 0.490 e. The zero-order valence-corrected chi connectivity index (χ0v) is 20.5. The van der Waals surface area contributed by atoms with E-state index in [1.807, 2.05) is 49.5 Å². The lowest BCUT2D eigenvalue weighted by Gasteiger charge is -2.15. The van der Waals surface area contributed by atoms with Crippen LogP contribution in [0.3, 0.4) is 0 Å². The molecule has 3 aromatic rings. The standard InChI is InChI=1S/C24H23BrINO2/c1-4-28-23-13-19(14-27-21-10-5-16(2)17(3)11-21)12-22(26)24(23)29-15-18-6-8-20(25)9-7-18/h5-14H,4,15H2,1-3H3. The second-order valence-corrected chi connectivity index (χ2v) is 8.78. The fourth-order valence-electron chi connectivity index (χ4n) is 2.76. The van der Waals surface area contributed by atoms with Crippen molar-refractivity contribution in [1.82, 2.24) is 0 Å². The van der Waals surface area contributed by atoms with Gasteiger partial charge in [-0.2, -0.15) is 0 Å². The van der Waals surface area contributed by atoms with Crippen molar-refractivity contribution in [2.75, 3.05) is 6.61 Å². The maximum absolute atomic E-state index is 6.10. The Morgan fingerprint density at radius 1 is 0.966 bits per heavy atom. The fraction of sp³-hybridized carbons (Fsp3) is 0.208. The first-order valence-electron chi connectivity index (χ1n) is 9.41. The summed E-state index contributed by atoms with van der Waals surface area (Å²) in [7, 11) is 0. The lowest BCUT2D eigenvalue weighted by Crippen LogP contribution is -2.02. The molecule has 0 N–H and O–H groups in total. The Morgan fingerprint density at radius 2 is 1.72 bits per heavy atom. The van der Waals surface area contributed by atoms with E-state index < -0.39 is 0 Å². The first kappa shape index (κ1) is 21.8. The molecule has 3 rings (SSSR count). The molecule has 0 atom stereocenters. The molecule has 0 radical (unpaired) electrons. The summed E-state index contributed by atoms with van der Waals surface area (Å²) in [6.07, 6.45) is 1.87. The van der Waals surface area contributed by atoms with Crippen LogP contribution in [0.1, 0.15) is 29.2 Å². The van der Waals surface area contributed by atoms with E-state index in [4.69, 9.17) is 9.47 Å². The molecule has 0 aliphatic heterocycles. The Balaban J connectivity index is 1.82. The van der Waals surface area contributed by atoms with Gasteiger partial charge < -0.3 is 9.47 Å². The van der Waals surface area contributed by atoms with Gasteiger partial charge in [-0.1, -0.05) is 34.1 Å². The van der Waals surface area contributed by atoms with Gasteiger partial charge >= 0.3 is 0 Å². The van der Waals surface area contributed by atoms with Gasteiger partial charge in [0.2, 0.25) is 0 Å². The normalized spacial score (nSPS) is 11.1. The van der Waals surface area contributed by atoms with Crippen molar-refractivity contribution in [2.45, 2.75) is 27.4 Å². The Labute approximate surface area is 194 Å². The van der Waals surface area contributed by atoms with Crippen LogP contribution < -0.4 is 9.47 Å². The van der Waals surface area contributed by atoms with Gasteiger partial charge in [0.25, 0.3) is 0 Å². The third kappa shape index (κ3) is 6.06. The van der Waals surface area contributed by atoms with E-state index in [1.54, 1.807) is 0 Å². The first-order valence-corrected chi connectivity index (χ1v) is 11.3. The van der Waals surface area contributed by atoms with Gasteiger partial charge in [0.15, 0.2) is 11.5 Å². The maximum Gasteiger partial charge on any atom is 0.175 e. The van der Waals surface area contributed by atoms with Gasteiger partial charge in [0, 0.05) is 10.7 Å². The SMILES string of the molecule is CCOc1cc(C=Nc2ccc(C)c(C)c2)cc(I)c1OCc1ccc(Br)cc1. The quantitative estimate of drug-likeness (QED) is 0.221. The van der Waals surface area contributed by atoms with Crippen molar-refractivity contribution in [3.05, 3.63) is 84.9 Å². The van der Waals surface area contributed by atoms with Gasteiger partial charge in [0.1, 0.15) is 6.61 Å². The maximum atomic E-state index is 6.10. The molecule has 0 aliphatic rings. The minimum absolute atomic E-state index is 0.486. The van der Waals surface area contributed by atoms with E-state index in [1.165, 1.54) is 11.1 Å². The van der Waals surface area contributed by atoms with Crippen molar-refractivity contribution in [1.29, 1.82) is 0 Å². The highest BCUT2D eigenvalue weighted by Crippen LogP contribution is 2.34. The summed E-state index contributed by atoms with van der Waals surface area (Å²) >= 11 is 5.75. The van der Waals surface area contributed by atoms with E-state index in [0.717, 1.165) is 36.4 Å². The summed E-state index contributed by atoms with van der Waals surface area (Å²) in [4.78, 5) is 4.62. The molecule has 150 valence electrons. The number of rotatable bonds is 7. The molecule has 5 heteroatoms. The summed E-state index contributed by atoms with van der Waals surface area (Å²) in [5.41, 5.74) is 5.53. The lowest BCUT2D eigenvalue weighted by molar-refractivity contribution is 0.267. The van der Waals surface area contributed by atoms with Crippen LogP contribution in [0, 0.1) is 17.4 Å². The van der Waals surface area contributed by atoms with Crippen LogP contribution in [0.15, 0.2) is 64.1 Å². The second kappa shape index (κ2) is 10.3. The molecule has 0 saturated heterocycles. The number of aryl methyl sites for hydroxylation is 2. The number of hydrogen-bond acceptors (Lipinski definition) is 3. The number of nitrogens with zero attached hydrogens (tertiary/aromatic N) is 1. The summed E-state index contributed by atoms with van der Waals surface area (Å²) in [5, 5.41) is 0. The minimum Gasteiger partial charge on any atom is -0.490 e. The van der Waals surface area contributed by atoms with Gasteiger partial charge in [0.05, 0.1) is 15.9 Å². The molecule has 0 aliphatic carbocycles. The number of halogens is 2. The Hall–Kier alpha value is -1.86. The molecule has 0 heterocycles. The van der Waals surface area contributed by atoms with E-state index in [0.29, 0.717) is 13.2 Å². The molecular formula is C24H23BrINO2. The molecule has 0 unspecified atom stereocenters. The van der Waals surface area contributed by atoms with Crippen LogP contribution in [-0.4, -0.2) is 12.8 Å². The molecule has 0 spiro atoms. The summed E-state index contributed by atoms with van der Waals surface area (Å²) < 4.78 is 14.0. The molecule has 0 bridgehead atoms. The fourth-order valence-corrected chi connectivity index (χ4v) is 3.80. The molecule has 0 saturated carbocycles. The van der Waals surface area contributed by atoms with E-state index in [2.05, 4.69) is 75.6 Å². The minimum atomic E-state index is 0.486. The molecule has 29 heavy (non-hydrogen) atoms. The number of benzene rings is 3. The van der Waals surface area contributed by atoms with Gasteiger partial charge in [-0.3, -0.25) is 4.99 Å². The van der Waals surface area contributed by atoms with E-state index in [-0.39, 0.29) is 0 Å². The molecule has 3 nitrogen and oxygen atoms in total. The Morgan fingerprint density at radius 3 is 2.41 bits per heavy atom. The topological polar surface area (TPSA) is 30.8 Å². The van der Waals surface area contributed by atoms with E-state index >= 15 is 0 Å². The van der Waals surface area contributed by atoms with Crippen LogP contribution in [0.2, 0.25) is 0 Å². The highest BCUT2D eigenvalue weighted by molar-refractivity contribution is 14.1. The van der Waals surface area contributed by atoms with Crippen LogP contribution in [-0.2, 0) is 6.61 Å². The highest BCUT2D eigenvalue weighted by Gasteiger charge is 2.12. The van der Waals surface area contributed by atoms with Gasteiger partial charge in [-0.25, -0.2) is 0 Å². The van der Waals surface area contributed by atoms with Gasteiger partial charge in [-0.15, -0.1) is 0 Å². The molecule has 0 aromatic heterocycles. The second-order valence-electron chi connectivity index (χ2n) is 6.70. The Kier molecular flexibility index (Phi) is 7.72. The predicted molar refractivity (Wildman–Crippen MR) is 132 cm³/mol. The number of ether oxygens (including phenoxy) is 2. The molecule has 3 aromatic carbocycles. The van der Waals surface area contributed by atoms with Crippen molar-refractivity contribution >= 4 is 50.4 Å². The Bertz CT molecular complexity index is 1020. The van der Waals surface area contributed by atoms with Crippen LogP contribution in [0.25, 0.3) is 0 Å². The smallest absolute Gasteiger partial charge is 0.175 e. The van der Waals surface area contributed by atoms with Crippen molar-refractivity contribution < 1.29 is 9.47 Å².